The Morgan fingerprint density at radius 2 is 1.68 bits per heavy atom. The number of aromatic nitrogens is 2. The third-order valence-electron chi connectivity index (χ3n) is 2.67. The number of benzene rings is 1. The molecule has 0 unspecified atom stereocenters. The van der Waals surface area contributed by atoms with Crippen molar-refractivity contribution in [2.75, 3.05) is 0 Å². The van der Waals surface area contributed by atoms with Crippen molar-refractivity contribution in [1.29, 1.82) is 0 Å². The van der Waals surface area contributed by atoms with E-state index in [1.807, 2.05) is 41.1 Å². The Kier molecular flexibility index (Phi) is 3.32. The predicted molar refractivity (Wildman–Crippen MR) is 76.0 cm³/mol. The van der Waals surface area contributed by atoms with Gasteiger partial charge in [0, 0.05) is 17.4 Å². The smallest absolute Gasteiger partial charge is 0.137 e. The Morgan fingerprint density at radius 3 is 2.47 bits per heavy atom. The average Bonchev–Trinajstić information content (AvgIpc) is 2.80. The summed E-state index contributed by atoms with van der Waals surface area (Å²) in [7, 11) is 0. The van der Waals surface area contributed by atoms with Crippen LogP contribution >= 0.6 is 23.2 Å². The average molecular weight is 293 g/mol. The molecule has 0 N–H and O–H groups in total. The third kappa shape index (κ3) is 2.83. The van der Waals surface area contributed by atoms with Crippen molar-refractivity contribution in [1.82, 2.24) is 9.38 Å². The van der Waals surface area contributed by atoms with E-state index < -0.39 is 0 Å². The van der Waals surface area contributed by atoms with Gasteiger partial charge in [-0.05, 0) is 36.4 Å². The molecule has 19 heavy (non-hydrogen) atoms. The molecule has 0 aliphatic carbocycles. The SMILES string of the molecule is Clc1ccc(OCc2cn3cc(Cl)ccc3n2)cc1. The van der Waals surface area contributed by atoms with Crippen molar-refractivity contribution in [3.63, 3.8) is 0 Å². The first-order valence-electron chi connectivity index (χ1n) is 5.72. The molecule has 0 bridgehead atoms. The van der Waals surface area contributed by atoms with Crippen LogP contribution in [-0.4, -0.2) is 9.38 Å². The number of fused-ring (bicyclic) bond motifs is 1. The number of nitrogens with zero attached hydrogens (tertiary/aromatic N) is 2. The number of ether oxygens (including phenoxy) is 1. The maximum atomic E-state index is 5.92. The molecular formula is C14H10Cl2N2O. The van der Waals surface area contributed by atoms with Crippen molar-refractivity contribution >= 4 is 28.8 Å². The lowest BCUT2D eigenvalue weighted by molar-refractivity contribution is 0.302. The van der Waals surface area contributed by atoms with Gasteiger partial charge in [0.15, 0.2) is 0 Å². The van der Waals surface area contributed by atoms with E-state index in [0.717, 1.165) is 17.1 Å². The zero-order valence-corrected chi connectivity index (χ0v) is 11.4. The molecule has 0 saturated heterocycles. The second-order valence-electron chi connectivity index (χ2n) is 4.09. The summed E-state index contributed by atoms with van der Waals surface area (Å²) in [6.07, 6.45) is 3.72. The minimum atomic E-state index is 0.404. The van der Waals surface area contributed by atoms with Gasteiger partial charge in [-0.2, -0.15) is 0 Å². The molecular weight excluding hydrogens is 283 g/mol. The summed E-state index contributed by atoms with van der Waals surface area (Å²) < 4.78 is 7.52. The van der Waals surface area contributed by atoms with Gasteiger partial charge >= 0.3 is 0 Å². The van der Waals surface area contributed by atoms with Gasteiger partial charge in [-0.15, -0.1) is 0 Å². The number of rotatable bonds is 3. The highest BCUT2D eigenvalue weighted by molar-refractivity contribution is 6.30. The zero-order valence-electron chi connectivity index (χ0n) is 9.88. The fourth-order valence-corrected chi connectivity index (χ4v) is 2.07. The van der Waals surface area contributed by atoms with E-state index in [9.17, 15) is 0 Å². The van der Waals surface area contributed by atoms with E-state index in [4.69, 9.17) is 27.9 Å². The lowest BCUT2D eigenvalue weighted by Gasteiger charge is -2.03. The molecule has 0 spiro atoms. The van der Waals surface area contributed by atoms with Crippen LogP contribution in [0.1, 0.15) is 5.69 Å². The van der Waals surface area contributed by atoms with Crippen molar-refractivity contribution < 1.29 is 4.74 Å². The van der Waals surface area contributed by atoms with Gasteiger partial charge in [0.2, 0.25) is 0 Å². The number of imidazole rings is 1. The van der Waals surface area contributed by atoms with Crippen LogP contribution in [0, 0.1) is 0 Å². The summed E-state index contributed by atoms with van der Waals surface area (Å²) in [4.78, 5) is 4.44. The number of pyridine rings is 1. The Balaban J connectivity index is 1.76. The minimum Gasteiger partial charge on any atom is -0.487 e. The first-order chi connectivity index (χ1) is 9.20. The maximum absolute atomic E-state index is 5.92. The second-order valence-corrected chi connectivity index (χ2v) is 4.96. The molecule has 3 aromatic rings. The first-order valence-corrected chi connectivity index (χ1v) is 6.48. The third-order valence-corrected chi connectivity index (χ3v) is 3.14. The fourth-order valence-electron chi connectivity index (χ4n) is 1.77. The molecule has 0 amide bonds. The summed E-state index contributed by atoms with van der Waals surface area (Å²) in [5.41, 5.74) is 1.69. The summed E-state index contributed by atoms with van der Waals surface area (Å²) in [6.45, 7) is 0.404. The first kappa shape index (κ1) is 12.3. The van der Waals surface area contributed by atoms with Gasteiger partial charge in [-0.25, -0.2) is 4.98 Å². The predicted octanol–water partition coefficient (Wildman–Crippen LogP) is 4.22. The van der Waals surface area contributed by atoms with E-state index in [2.05, 4.69) is 4.98 Å². The van der Waals surface area contributed by atoms with E-state index >= 15 is 0 Å². The molecule has 3 nitrogen and oxygen atoms in total. The molecule has 2 aromatic heterocycles. The van der Waals surface area contributed by atoms with Crippen molar-refractivity contribution in [3.8, 4) is 5.75 Å². The van der Waals surface area contributed by atoms with E-state index in [-0.39, 0.29) is 0 Å². The summed E-state index contributed by atoms with van der Waals surface area (Å²) in [6, 6.07) is 10.9. The van der Waals surface area contributed by atoms with Gasteiger partial charge < -0.3 is 9.14 Å². The van der Waals surface area contributed by atoms with Crippen LogP contribution in [0.25, 0.3) is 5.65 Å². The van der Waals surface area contributed by atoms with Gasteiger partial charge in [-0.3, -0.25) is 0 Å². The van der Waals surface area contributed by atoms with Crippen molar-refractivity contribution in [2.45, 2.75) is 6.61 Å². The minimum absolute atomic E-state index is 0.404. The molecule has 5 heteroatoms. The Hall–Kier alpha value is -1.71. The van der Waals surface area contributed by atoms with Gasteiger partial charge in [0.1, 0.15) is 18.0 Å². The zero-order chi connectivity index (χ0) is 13.2. The molecule has 3 rings (SSSR count). The van der Waals surface area contributed by atoms with Gasteiger partial charge in [0.05, 0.1) is 10.7 Å². The molecule has 1 aromatic carbocycles. The summed E-state index contributed by atoms with van der Waals surface area (Å²) in [5.74, 6) is 0.763. The fraction of sp³-hybridized carbons (Fsp3) is 0.0714. The molecule has 0 aliphatic rings. The monoisotopic (exact) mass is 292 g/mol. The van der Waals surface area contributed by atoms with Crippen LogP contribution < -0.4 is 4.74 Å². The highest BCUT2D eigenvalue weighted by Crippen LogP contribution is 2.17. The Labute approximate surface area is 120 Å². The Morgan fingerprint density at radius 1 is 0.947 bits per heavy atom. The molecule has 96 valence electrons. The van der Waals surface area contributed by atoms with Gasteiger partial charge in [0.25, 0.3) is 0 Å². The van der Waals surface area contributed by atoms with Crippen molar-refractivity contribution in [2.24, 2.45) is 0 Å². The van der Waals surface area contributed by atoms with Crippen LogP contribution in [0.15, 0.2) is 48.8 Å². The highest BCUT2D eigenvalue weighted by atomic mass is 35.5. The quantitative estimate of drug-likeness (QED) is 0.722. The number of halogens is 2. The largest absolute Gasteiger partial charge is 0.487 e. The molecule has 0 fully saturated rings. The molecule has 2 heterocycles. The van der Waals surface area contributed by atoms with Crippen LogP contribution in [0.2, 0.25) is 10.0 Å². The maximum Gasteiger partial charge on any atom is 0.137 e. The van der Waals surface area contributed by atoms with Crippen molar-refractivity contribution in [3.05, 3.63) is 64.5 Å². The van der Waals surface area contributed by atoms with E-state index in [1.165, 1.54) is 0 Å². The second kappa shape index (κ2) is 5.11. The number of hydrogen-bond donors (Lipinski definition) is 0. The van der Waals surface area contributed by atoms with E-state index in [0.29, 0.717) is 16.7 Å². The van der Waals surface area contributed by atoms with E-state index in [1.54, 1.807) is 12.1 Å². The molecule has 0 aliphatic heterocycles. The summed E-state index contributed by atoms with van der Waals surface area (Å²) in [5, 5.41) is 1.37. The molecule has 0 atom stereocenters. The van der Waals surface area contributed by atoms with Gasteiger partial charge in [-0.1, -0.05) is 23.2 Å². The van der Waals surface area contributed by atoms with Crippen LogP contribution in [0.5, 0.6) is 5.75 Å². The van der Waals surface area contributed by atoms with Crippen LogP contribution in [-0.2, 0) is 6.61 Å². The topological polar surface area (TPSA) is 26.5 Å². The van der Waals surface area contributed by atoms with Crippen LogP contribution in [0.4, 0.5) is 0 Å². The lowest BCUT2D eigenvalue weighted by atomic mass is 10.3. The lowest BCUT2D eigenvalue weighted by Crippen LogP contribution is -1.95. The summed E-state index contributed by atoms with van der Waals surface area (Å²) >= 11 is 11.7. The normalized spacial score (nSPS) is 10.8. The molecule has 0 radical (unpaired) electrons. The Bertz CT molecular complexity index is 707. The van der Waals surface area contributed by atoms with Crippen LogP contribution in [0.3, 0.4) is 0 Å². The highest BCUT2D eigenvalue weighted by Gasteiger charge is 2.03. The number of hydrogen-bond acceptors (Lipinski definition) is 2. The molecule has 0 saturated carbocycles. The standard InChI is InChI=1S/C14H10Cl2N2O/c15-10-1-4-13(5-2-10)19-9-12-8-18-7-11(16)3-6-14(18)17-12/h1-8H,9H2.